The topological polar surface area (TPSA) is 22.9 Å². The predicted octanol–water partition coefficient (Wildman–Crippen LogP) is 20.1. The predicted molar refractivity (Wildman–Crippen MR) is 356 cm³/mol. The Bertz CT molecular complexity index is 4210. The van der Waals surface area contributed by atoms with Gasteiger partial charge in [0.25, 0.3) is 6.71 Å². The molecule has 10 aromatic rings. The first-order chi connectivity index (χ1) is 39.4. The van der Waals surface area contributed by atoms with Gasteiger partial charge in [0.15, 0.2) is 0 Å². The third-order valence-electron chi connectivity index (χ3n) is 20.1. The quantitative estimate of drug-likeness (QED) is 0.155. The highest BCUT2D eigenvalue weighted by Crippen LogP contribution is 2.55. The highest BCUT2D eigenvalue weighted by atomic mass is 16.3. The minimum absolute atomic E-state index is 0.00880. The molecule has 4 aliphatic rings. The minimum atomic E-state index is -0.201. The van der Waals surface area contributed by atoms with Crippen LogP contribution in [0.5, 0.6) is 0 Å². The van der Waals surface area contributed by atoms with E-state index in [4.69, 9.17) is 4.42 Å². The maximum Gasteiger partial charge on any atom is 0.257 e. The second-order valence-electron chi connectivity index (χ2n) is 29.5. The van der Waals surface area contributed by atoms with E-state index in [2.05, 4.69) is 294 Å². The van der Waals surface area contributed by atoms with Gasteiger partial charge in [0.2, 0.25) is 0 Å². The van der Waals surface area contributed by atoms with Crippen molar-refractivity contribution in [2.24, 2.45) is 0 Å². The first kappa shape index (κ1) is 53.3. The van der Waals surface area contributed by atoms with Gasteiger partial charge in [-0.3, -0.25) is 0 Å². The van der Waals surface area contributed by atoms with Gasteiger partial charge in [-0.05, 0) is 198 Å². The van der Waals surface area contributed by atoms with Crippen molar-refractivity contribution < 1.29 is 4.42 Å². The monoisotopic (exact) mass is 1090 g/mol. The van der Waals surface area contributed by atoms with Crippen molar-refractivity contribution in [1.29, 1.82) is 0 Å². The molecule has 3 heterocycles. The summed E-state index contributed by atoms with van der Waals surface area (Å²) in [6.07, 6.45) is 4.54. The van der Waals surface area contributed by atoms with Gasteiger partial charge in [0.1, 0.15) is 11.2 Å². The zero-order valence-electron chi connectivity index (χ0n) is 51.5. The number of fused-ring (bicyclic) bond motifs is 10. The Morgan fingerprint density at radius 1 is 0.410 bits per heavy atom. The van der Waals surface area contributed by atoms with Gasteiger partial charge in [0, 0.05) is 56.1 Å². The SMILES string of the molecule is CC(C)(C)c1ccc(N2c3cc(N(c4ccccc4)c4ccccc4)cc4c3B(c3cc5c(cc3N4c3ccc4c(c3)C(C)(C)CCC4(C)C)C(C)(C)CCC5(C)C)c3c2ccc2c3oc3cc(C(C)(C)C)ccc32)c(-c2ccccc2)c1. The molecule has 0 atom stereocenters. The smallest absolute Gasteiger partial charge is 0.257 e. The summed E-state index contributed by atoms with van der Waals surface area (Å²) < 4.78 is 7.61. The van der Waals surface area contributed by atoms with E-state index < -0.39 is 0 Å². The second kappa shape index (κ2) is 18.4. The molecule has 2 aliphatic heterocycles. The molecule has 14 rings (SSSR count). The molecule has 0 saturated heterocycles. The van der Waals surface area contributed by atoms with E-state index in [9.17, 15) is 0 Å². The molecule has 1 aromatic heterocycles. The molecule has 0 N–H and O–H groups in total. The van der Waals surface area contributed by atoms with Crippen LogP contribution in [0.4, 0.5) is 51.2 Å². The maximum atomic E-state index is 7.61. The van der Waals surface area contributed by atoms with Crippen LogP contribution in [-0.2, 0) is 32.5 Å². The number of nitrogens with zero attached hydrogens (tertiary/aromatic N) is 3. The first-order valence-corrected chi connectivity index (χ1v) is 30.6. The van der Waals surface area contributed by atoms with Crippen LogP contribution in [0.2, 0.25) is 0 Å². The van der Waals surface area contributed by atoms with E-state index in [0.29, 0.717) is 0 Å². The second-order valence-corrected chi connectivity index (χ2v) is 29.5. The van der Waals surface area contributed by atoms with Crippen molar-refractivity contribution >= 4 is 96.2 Å². The molecular weight excluding hydrogens is 1010 g/mol. The first-order valence-electron chi connectivity index (χ1n) is 30.6. The van der Waals surface area contributed by atoms with Crippen LogP contribution in [0.25, 0.3) is 33.1 Å². The number of para-hydroxylation sites is 2. The molecule has 0 spiro atoms. The summed E-state index contributed by atoms with van der Waals surface area (Å²) in [5.74, 6) is 0. The fraction of sp³-hybridized carbons (Fsp3) is 0.308. The Morgan fingerprint density at radius 2 is 0.916 bits per heavy atom. The highest BCUT2D eigenvalue weighted by Gasteiger charge is 2.49. The lowest BCUT2D eigenvalue weighted by molar-refractivity contribution is 0.332. The highest BCUT2D eigenvalue weighted by molar-refractivity contribution is 7.01. The summed E-state index contributed by atoms with van der Waals surface area (Å²) in [5, 5.41) is 2.30. The summed E-state index contributed by atoms with van der Waals surface area (Å²) in [6.45, 7) is 33.5. The largest absolute Gasteiger partial charge is 0.457 e. The average molecular weight is 1090 g/mol. The molecule has 9 aromatic carbocycles. The maximum absolute atomic E-state index is 7.61. The summed E-state index contributed by atoms with van der Waals surface area (Å²) in [5.41, 5.74) is 26.6. The Balaban J connectivity index is 1.18. The number of anilines is 9. The number of hydrogen-bond acceptors (Lipinski definition) is 4. The zero-order chi connectivity index (χ0) is 57.9. The Labute approximate surface area is 494 Å². The van der Waals surface area contributed by atoms with Crippen LogP contribution < -0.4 is 31.1 Å². The van der Waals surface area contributed by atoms with Crippen molar-refractivity contribution in [3.63, 3.8) is 0 Å². The molecule has 4 nitrogen and oxygen atoms in total. The van der Waals surface area contributed by atoms with Gasteiger partial charge < -0.3 is 19.1 Å². The molecule has 0 amide bonds. The summed E-state index contributed by atoms with van der Waals surface area (Å²) >= 11 is 0. The molecule has 83 heavy (non-hydrogen) atoms. The summed E-state index contributed by atoms with van der Waals surface area (Å²) in [4.78, 5) is 7.81. The molecule has 5 heteroatoms. The standard InChI is InChI=1S/C78H80BN3O/c1-73(2,3)50-31-36-64(58(42-50)49-24-18-15-19-25-49)82-65-37-34-57-56-33-30-51(74(4,5)6)43-69(56)83-72(57)71(65)79-63-47-61-62(78(13,14)41-40-77(61,11)12)48-66(63)81(54-32-35-59-60(44-54)76(9,10)39-38-75(59,7)8)67-45-55(46-68(82)70(67)79)80(52-26-20-16-21-27-52)53-28-22-17-23-29-53/h15-37,42-48H,38-41H2,1-14H3. The van der Waals surface area contributed by atoms with Gasteiger partial charge in [-0.2, -0.15) is 0 Å². The third-order valence-corrected chi connectivity index (χ3v) is 20.1. The van der Waals surface area contributed by atoms with Crippen LogP contribution in [-0.4, -0.2) is 6.71 Å². The molecular formula is C78H80BN3O. The van der Waals surface area contributed by atoms with Crippen LogP contribution in [0.1, 0.15) is 156 Å². The third kappa shape index (κ3) is 8.44. The normalized spacial score (nSPS) is 17.2. The molecule has 0 bridgehead atoms. The van der Waals surface area contributed by atoms with E-state index in [0.717, 1.165) is 81.7 Å². The van der Waals surface area contributed by atoms with E-state index in [1.807, 2.05) is 0 Å². The Kier molecular flexibility index (Phi) is 11.8. The van der Waals surface area contributed by atoms with E-state index in [-0.39, 0.29) is 39.2 Å². The number of hydrogen-bond donors (Lipinski definition) is 0. The summed E-state index contributed by atoms with van der Waals surface area (Å²) in [6, 6.07) is 70.0. The lowest BCUT2D eigenvalue weighted by Crippen LogP contribution is -2.62. The van der Waals surface area contributed by atoms with Crippen LogP contribution in [0, 0.1) is 0 Å². The van der Waals surface area contributed by atoms with Gasteiger partial charge in [0.05, 0.1) is 11.4 Å². The van der Waals surface area contributed by atoms with Crippen LogP contribution in [0.3, 0.4) is 0 Å². The van der Waals surface area contributed by atoms with Crippen molar-refractivity contribution in [3.05, 3.63) is 215 Å². The van der Waals surface area contributed by atoms with Crippen molar-refractivity contribution in [1.82, 2.24) is 0 Å². The lowest BCUT2D eigenvalue weighted by Gasteiger charge is -2.48. The molecule has 0 saturated carbocycles. The number of benzene rings is 9. The molecule has 0 fully saturated rings. The van der Waals surface area contributed by atoms with Gasteiger partial charge in [-0.15, -0.1) is 0 Å². The fourth-order valence-corrected chi connectivity index (χ4v) is 14.9. The van der Waals surface area contributed by atoms with Gasteiger partial charge in [-0.25, -0.2) is 0 Å². The van der Waals surface area contributed by atoms with Gasteiger partial charge in [-0.1, -0.05) is 194 Å². The lowest BCUT2D eigenvalue weighted by atomic mass is 9.33. The zero-order valence-corrected chi connectivity index (χ0v) is 51.5. The fourth-order valence-electron chi connectivity index (χ4n) is 14.9. The Morgan fingerprint density at radius 3 is 1.52 bits per heavy atom. The van der Waals surface area contributed by atoms with Crippen molar-refractivity contribution in [2.75, 3.05) is 14.7 Å². The van der Waals surface area contributed by atoms with Crippen molar-refractivity contribution in [3.8, 4) is 11.1 Å². The number of rotatable bonds is 6. The minimum Gasteiger partial charge on any atom is -0.457 e. The van der Waals surface area contributed by atoms with Crippen LogP contribution >= 0.6 is 0 Å². The van der Waals surface area contributed by atoms with Gasteiger partial charge >= 0.3 is 0 Å². The average Bonchev–Trinajstić information content (AvgIpc) is 1.67. The molecule has 0 unspecified atom stereocenters. The molecule has 0 radical (unpaired) electrons. The van der Waals surface area contributed by atoms with E-state index in [1.54, 1.807) is 0 Å². The van der Waals surface area contributed by atoms with E-state index >= 15 is 0 Å². The Hall–Kier alpha value is -7.76. The summed E-state index contributed by atoms with van der Waals surface area (Å²) in [7, 11) is 0. The number of furan rings is 1. The molecule has 2 aliphatic carbocycles. The van der Waals surface area contributed by atoms with E-state index in [1.165, 1.54) is 78.0 Å². The van der Waals surface area contributed by atoms with Crippen molar-refractivity contribution in [2.45, 2.75) is 155 Å². The molecule has 416 valence electrons. The van der Waals surface area contributed by atoms with Crippen LogP contribution in [0.15, 0.2) is 186 Å².